The van der Waals surface area contributed by atoms with Gasteiger partial charge in [0.1, 0.15) is 6.54 Å². The smallest absolute Gasteiger partial charge is 0.547 e. The van der Waals surface area contributed by atoms with Gasteiger partial charge in [-0.1, -0.05) is 0 Å². The van der Waals surface area contributed by atoms with Gasteiger partial charge >= 0.3 is 65.1 Å². The quantitative estimate of drug-likeness (QED) is 0.285. The van der Waals surface area contributed by atoms with E-state index in [4.69, 9.17) is 20.5 Å². The molecule has 0 spiro atoms. The van der Waals surface area contributed by atoms with Crippen LogP contribution in [0.25, 0.3) is 0 Å². The fraction of sp³-hybridized carbons (Fsp3) is 0.667. The van der Waals surface area contributed by atoms with Crippen molar-refractivity contribution in [2.45, 2.75) is 26.1 Å². The van der Waals surface area contributed by atoms with E-state index in [-0.39, 0.29) is 65.7 Å². The van der Waals surface area contributed by atoms with E-state index >= 15 is 0 Å². The Kier molecular flexibility index (Phi) is 31.8. The second kappa shape index (κ2) is 20.2. The van der Waals surface area contributed by atoms with Crippen molar-refractivity contribution in [3.63, 3.8) is 0 Å². The third-order valence-corrected chi connectivity index (χ3v) is 1.05. The fourth-order valence-corrected chi connectivity index (χ4v) is 0.196. The molecule has 0 bridgehead atoms. The van der Waals surface area contributed by atoms with Crippen molar-refractivity contribution in [1.82, 2.24) is 5.06 Å². The summed E-state index contributed by atoms with van der Waals surface area (Å²) in [6.45, 7) is 1.94. The molecule has 114 valence electrons. The van der Waals surface area contributed by atoms with E-state index in [1.165, 1.54) is 7.05 Å². The Hall–Kier alpha value is 0.250. The van der Waals surface area contributed by atoms with Crippen LogP contribution in [0.15, 0.2) is 0 Å². The predicted octanol–water partition coefficient (Wildman–Crippen LogP) is -10.4. The van der Waals surface area contributed by atoms with Crippen LogP contribution in [-0.4, -0.2) is 69.3 Å². The van der Waals surface area contributed by atoms with Crippen molar-refractivity contribution in [1.29, 1.82) is 0 Å². The molecule has 0 amide bonds. The predicted molar refractivity (Wildman–Crippen MR) is 55.4 cm³/mol. The van der Waals surface area contributed by atoms with Gasteiger partial charge in [-0.3, -0.25) is 4.79 Å². The summed E-state index contributed by atoms with van der Waals surface area (Å²) in [6, 6.07) is 0. The van der Waals surface area contributed by atoms with Gasteiger partial charge in [0.2, 0.25) is 0 Å². The summed E-state index contributed by atoms with van der Waals surface area (Å²) in [5, 5.41) is 51.3. The number of aliphatic hydroxyl groups excluding tert-OH is 2. The third kappa shape index (κ3) is 44.9. The van der Waals surface area contributed by atoms with Gasteiger partial charge in [-0.2, -0.15) is 5.06 Å². The van der Waals surface area contributed by atoms with Crippen LogP contribution in [0, 0.1) is 0 Å². The number of hydrogen-bond acceptors (Lipinski definition) is 9. The van der Waals surface area contributed by atoms with Crippen LogP contribution in [0.5, 0.6) is 0 Å². The Labute approximate surface area is 165 Å². The van der Waals surface area contributed by atoms with Crippen LogP contribution >= 0.6 is 0 Å². The molecule has 0 aliphatic rings. The molecule has 0 aliphatic carbocycles. The molecule has 0 heterocycles. The minimum atomic E-state index is -1.44. The standard InChI is InChI=1S/C3H7NO3.2C3H6O3.2Na/c1-4(7)2-3(5)6;2*1-2(4)3(5)6;;/h7H,2H2,1H3,(H,5,6);2*2,4H,1H3,(H,5,6);;/q;;;2*+1/p-2. The zero-order valence-corrected chi connectivity index (χ0v) is 16.6. The van der Waals surface area contributed by atoms with Crippen LogP contribution in [0.3, 0.4) is 0 Å². The molecule has 0 radical (unpaired) electrons. The molecule has 0 fully saturated rings. The Morgan fingerprint density at radius 1 is 1.00 bits per heavy atom. The first-order valence-corrected chi connectivity index (χ1v) is 4.81. The number of carbonyl (C=O) groups excluding carboxylic acids is 2. The number of rotatable bonds is 4. The maximum absolute atomic E-state index is 9.61. The molecule has 0 aliphatic heterocycles. The van der Waals surface area contributed by atoms with Gasteiger partial charge in [-0.25, -0.2) is 0 Å². The summed E-state index contributed by atoms with van der Waals surface area (Å²) in [6.07, 6.45) is -2.69. The van der Waals surface area contributed by atoms with Gasteiger partial charge in [0, 0.05) is 7.05 Å². The summed E-state index contributed by atoms with van der Waals surface area (Å²) in [5.41, 5.74) is 0. The van der Waals surface area contributed by atoms with Crippen molar-refractivity contribution in [3.05, 3.63) is 0 Å². The Balaban J connectivity index is -0.0000000584. The molecule has 4 N–H and O–H groups in total. The van der Waals surface area contributed by atoms with Gasteiger partial charge in [0.15, 0.2) is 0 Å². The second-order valence-corrected chi connectivity index (χ2v) is 3.20. The number of nitrogens with zero attached hydrogens (tertiary/aromatic N) is 1. The molecule has 0 saturated heterocycles. The van der Waals surface area contributed by atoms with Crippen LogP contribution in [0.1, 0.15) is 13.8 Å². The molecule has 0 saturated carbocycles. The first-order valence-electron chi connectivity index (χ1n) is 4.81. The summed E-state index contributed by atoms with van der Waals surface area (Å²) < 4.78 is 0. The van der Waals surface area contributed by atoms with Gasteiger partial charge < -0.3 is 40.3 Å². The first-order chi connectivity index (χ1) is 8.41. The van der Waals surface area contributed by atoms with E-state index in [0.717, 1.165) is 13.8 Å². The molecular formula is C9H17NNa2O9. The van der Waals surface area contributed by atoms with E-state index in [9.17, 15) is 24.6 Å². The van der Waals surface area contributed by atoms with E-state index in [2.05, 4.69) is 0 Å². The van der Waals surface area contributed by atoms with Crippen LogP contribution in [0.4, 0.5) is 0 Å². The number of carboxylic acids is 3. The Morgan fingerprint density at radius 3 is 1.19 bits per heavy atom. The average molecular weight is 329 g/mol. The summed E-state index contributed by atoms with van der Waals surface area (Å²) >= 11 is 0. The maximum Gasteiger partial charge on any atom is 1.00 e. The molecule has 10 nitrogen and oxygen atoms in total. The number of carboxylic acid groups (broad SMARTS) is 3. The number of likely N-dealkylation sites (N-methyl/N-ethyl adjacent to an activating group) is 1. The van der Waals surface area contributed by atoms with Gasteiger partial charge in [0.25, 0.3) is 0 Å². The molecule has 2 unspecified atom stereocenters. The maximum atomic E-state index is 9.61. The number of aliphatic hydroxyl groups is 2. The van der Waals surface area contributed by atoms with Gasteiger partial charge in [0.05, 0.1) is 24.1 Å². The van der Waals surface area contributed by atoms with Crippen LogP contribution in [0.2, 0.25) is 0 Å². The summed E-state index contributed by atoms with van der Waals surface area (Å²) in [4.78, 5) is 28.3. The minimum Gasteiger partial charge on any atom is -0.547 e. The summed E-state index contributed by atoms with van der Waals surface area (Å²) in [7, 11) is 1.27. The minimum absolute atomic E-state index is 0. The summed E-state index contributed by atoms with van der Waals surface area (Å²) in [5.74, 6) is -3.91. The monoisotopic (exact) mass is 329 g/mol. The Bertz CT molecular complexity index is 266. The molecule has 12 heteroatoms. The van der Waals surface area contributed by atoms with Crippen LogP contribution < -0.4 is 69.3 Å². The average Bonchev–Trinajstić information content (AvgIpc) is 2.16. The molecule has 2 atom stereocenters. The second-order valence-electron chi connectivity index (χ2n) is 3.20. The van der Waals surface area contributed by atoms with Crippen LogP contribution in [-0.2, 0) is 14.4 Å². The normalized spacial score (nSPS) is 11.0. The molecule has 0 aromatic rings. The van der Waals surface area contributed by atoms with Gasteiger partial charge in [-0.05, 0) is 13.8 Å². The zero-order valence-electron chi connectivity index (χ0n) is 12.6. The number of carbonyl (C=O) groups is 3. The van der Waals surface area contributed by atoms with Crippen molar-refractivity contribution in [2.75, 3.05) is 13.6 Å². The third-order valence-electron chi connectivity index (χ3n) is 1.05. The molecule has 0 aromatic heterocycles. The van der Waals surface area contributed by atoms with Crippen molar-refractivity contribution in [3.8, 4) is 0 Å². The van der Waals surface area contributed by atoms with Crippen molar-refractivity contribution < 1.29 is 104 Å². The van der Waals surface area contributed by atoms with E-state index in [1.54, 1.807) is 0 Å². The van der Waals surface area contributed by atoms with E-state index in [1.807, 2.05) is 0 Å². The SMILES string of the molecule is CC(O)C(=O)[O-].CC(O)C(=O)[O-].CN(O)CC(=O)O.[Na+].[Na+]. The Morgan fingerprint density at radius 2 is 1.19 bits per heavy atom. The first kappa shape index (κ1) is 33.0. The van der Waals surface area contributed by atoms with Gasteiger partial charge in [-0.15, -0.1) is 0 Å². The fourth-order valence-electron chi connectivity index (χ4n) is 0.196. The number of hydrogen-bond donors (Lipinski definition) is 4. The molecular weight excluding hydrogens is 312 g/mol. The topological polar surface area (TPSA) is 181 Å². The van der Waals surface area contributed by atoms with E-state index < -0.39 is 30.1 Å². The van der Waals surface area contributed by atoms with E-state index in [0.29, 0.717) is 5.06 Å². The molecule has 21 heavy (non-hydrogen) atoms. The molecule has 0 rings (SSSR count). The molecule has 0 aromatic carbocycles. The number of hydroxylamine groups is 2. The number of aliphatic carboxylic acids is 3. The largest absolute Gasteiger partial charge is 1.00 e. The zero-order chi connectivity index (χ0) is 16.2. The van der Waals surface area contributed by atoms with Crippen molar-refractivity contribution >= 4 is 17.9 Å². The van der Waals surface area contributed by atoms with Crippen molar-refractivity contribution in [2.24, 2.45) is 0 Å².